The Morgan fingerprint density at radius 1 is 1.09 bits per heavy atom. The number of rotatable bonds is 9. The topological polar surface area (TPSA) is 146 Å². The number of halogens is 1. The maximum atomic E-state index is 13.0. The molecule has 5 atom stereocenters. The van der Waals surface area contributed by atoms with E-state index in [1.165, 1.54) is 12.1 Å². The Bertz CT molecular complexity index is 948. The summed E-state index contributed by atoms with van der Waals surface area (Å²) in [5.74, 6) is -0.310. The molecular formula is C23H27ClO9. The number of Topliss-reactive ketones (excluding diaryl/α,β-unsaturated/α-hetero) is 1. The molecule has 0 radical (unpaired) electrons. The number of benzene rings is 2. The summed E-state index contributed by atoms with van der Waals surface area (Å²) in [5, 5.41) is 49.9. The number of phenols is 1. The van der Waals surface area contributed by atoms with Gasteiger partial charge in [0, 0.05) is 11.4 Å². The highest BCUT2D eigenvalue weighted by atomic mass is 35.5. The van der Waals surface area contributed by atoms with Gasteiger partial charge in [-0.25, -0.2) is 0 Å². The highest BCUT2D eigenvalue weighted by Gasteiger charge is 2.45. The van der Waals surface area contributed by atoms with Gasteiger partial charge in [-0.1, -0.05) is 23.7 Å². The zero-order valence-electron chi connectivity index (χ0n) is 17.9. The lowest BCUT2D eigenvalue weighted by molar-refractivity contribution is -0.277. The number of ketones is 1. The van der Waals surface area contributed by atoms with E-state index in [1.54, 1.807) is 12.1 Å². The predicted molar refractivity (Wildman–Crippen MR) is 118 cm³/mol. The van der Waals surface area contributed by atoms with Crippen LogP contribution in [0.5, 0.6) is 17.2 Å². The van der Waals surface area contributed by atoms with Crippen molar-refractivity contribution < 1.29 is 44.5 Å². The number of aryl methyl sites for hydroxylation is 1. The molecule has 0 spiro atoms. The van der Waals surface area contributed by atoms with Crippen molar-refractivity contribution in [2.45, 2.75) is 50.5 Å². The molecule has 0 unspecified atom stereocenters. The first kappa shape index (κ1) is 25.2. The molecule has 5 N–H and O–H groups in total. The van der Waals surface area contributed by atoms with E-state index in [9.17, 15) is 30.3 Å². The Morgan fingerprint density at radius 3 is 2.42 bits per heavy atom. The fourth-order valence-electron chi connectivity index (χ4n) is 3.53. The van der Waals surface area contributed by atoms with Gasteiger partial charge < -0.3 is 39.7 Å². The van der Waals surface area contributed by atoms with E-state index in [0.29, 0.717) is 13.0 Å². The average Bonchev–Trinajstić information content (AvgIpc) is 2.78. The lowest BCUT2D eigenvalue weighted by Gasteiger charge is -2.39. The molecule has 1 aliphatic rings. The summed E-state index contributed by atoms with van der Waals surface area (Å²) >= 11 is 6.01. The van der Waals surface area contributed by atoms with E-state index in [-0.39, 0.29) is 22.8 Å². The molecule has 1 aliphatic heterocycles. The number of aromatic hydroxyl groups is 1. The Kier molecular flexibility index (Phi) is 8.52. The smallest absolute Gasteiger partial charge is 0.229 e. The van der Waals surface area contributed by atoms with Gasteiger partial charge in [-0.15, -0.1) is 0 Å². The van der Waals surface area contributed by atoms with Crippen molar-refractivity contribution in [3.63, 3.8) is 0 Å². The Balaban J connectivity index is 1.78. The Labute approximate surface area is 195 Å². The quantitative estimate of drug-likeness (QED) is 0.335. The van der Waals surface area contributed by atoms with Gasteiger partial charge in [0.1, 0.15) is 47.2 Å². The van der Waals surface area contributed by atoms with Gasteiger partial charge in [0.05, 0.1) is 13.2 Å². The van der Waals surface area contributed by atoms with Gasteiger partial charge in [0.15, 0.2) is 5.78 Å². The zero-order valence-corrected chi connectivity index (χ0v) is 18.7. The number of hydrogen-bond donors (Lipinski definition) is 5. The number of phenolic OH excluding ortho intramolecular Hbond substituents is 1. The van der Waals surface area contributed by atoms with Crippen LogP contribution in [0.4, 0.5) is 0 Å². The van der Waals surface area contributed by atoms with Gasteiger partial charge >= 0.3 is 0 Å². The summed E-state index contributed by atoms with van der Waals surface area (Å²) in [6.45, 7) is 1.79. The second kappa shape index (κ2) is 11.1. The van der Waals surface area contributed by atoms with Gasteiger partial charge in [-0.3, -0.25) is 4.79 Å². The normalized spacial score (nSPS) is 25.0. The maximum absolute atomic E-state index is 13.0. The first-order chi connectivity index (χ1) is 15.7. The molecule has 9 nitrogen and oxygen atoms in total. The molecule has 3 rings (SSSR count). The first-order valence-corrected chi connectivity index (χ1v) is 10.9. The van der Waals surface area contributed by atoms with Crippen LogP contribution in [0.3, 0.4) is 0 Å². The number of carbonyl (C=O) groups is 1. The number of aliphatic hydroxyl groups excluding tert-OH is 4. The molecule has 0 aromatic heterocycles. The minimum absolute atomic E-state index is 0.0359. The molecule has 0 bridgehead atoms. The molecule has 33 heavy (non-hydrogen) atoms. The van der Waals surface area contributed by atoms with Crippen molar-refractivity contribution in [3.05, 3.63) is 52.5 Å². The molecule has 1 saturated heterocycles. The highest BCUT2D eigenvalue weighted by Crippen LogP contribution is 2.35. The van der Waals surface area contributed by atoms with Crippen LogP contribution in [0.15, 0.2) is 36.4 Å². The zero-order chi connectivity index (χ0) is 24.1. The molecule has 10 heteroatoms. The molecule has 2 aromatic carbocycles. The lowest BCUT2D eigenvalue weighted by Crippen LogP contribution is -2.60. The summed E-state index contributed by atoms with van der Waals surface area (Å²) in [6, 6.07) is 9.74. The summed E-state index contributed by atoms with van der Waals surface area (Å²) in [5.41, 5.74) is 0.721. The largest absolute Gasteiger partial charge is 0.507 e. The van der Waals surface area contributed by atoms with Crippen LogP contribution < -0.4 is 9.47 Å². The van der Waals surface area contributed by atoms with Crippen molar-refractivity contribution in [3.8, 4) is 17.2 Å². The van der Waals surface area contributed by atoms with Crippen molar-refractivity contribution >= 4 is 17.4 Å². The summed E-state index contributed by atoms with van der Waals surface area (Å²) in [4.78, 5) is 13.0. The molecule has 0 saturated carbocycles. The standard InChI is InChI=1S/C23H27ClO9/c1-2-31-14-6-3-12(4-7-14)5-8-15(26)19-16(27)9-13(24)10-17(19)32-23-22(30)21(29)20(28)18(11-25)33-23/h3-4,6-7,9-10,18,20-23,25,27-30H,2,5,8,11H2,1H3/t18-,20-,21+,22-,23-/m1/s1. The number of carbonyl (C=O) groups excluding carboxylic acids is 1. The van der Waals surface area contributed by atoms with Gasteiger partial charge in [-0.2, -0.15) is 0 Å². The van der Waals surface area contributed by atoms with E-state index in [1.807, 2.05) is 19.1 Å². The monoisotopic (exact) mass is 482 g/mol. The van der Waals surface area contributed by atoms with Crippen molar-refractivity contribution in [1.82, 2.24) is 0 Å². The first-order valence-electron chi connectivity index (χ1n) is 10.5. The lowest BCUT2D eigenvalue weighted by atomic mass is 9.99. The Morgan fingerprint density at radius 2 is 1.79 bits per heavy atom. The van der Waals surface area contributed by atoms with Crippen LogP contribution in [0.2, 0.25) is 5.02 Å². The molecular weight excluding hydrogens is 456 g/mol. The summed E-state index contributed by atoms with van der Waals surface area (Å²) < 4.78 is 16.3. The van der Waals surface area contributed by atoms with Gasteiger partial charge in [0.25, 0.3) is 0 Å². The van der Waals surface area contributed by atoms with E-state index < -0.39 is 48.8 Å². The second-order valence-electron chi connectivity index (χ2n) is 7.61. The van der Waals surface area contributed by atoms with Crippen molar-refractivity contribution in [2.24, 2.45) is 0 Å². The minimum Gasteiger partial charge on any atom is -0.507 e. The van der Waals surface area contributed by atoms with Crippen LogP contribution >= 0.6 is 11.6 Å². The van der Waals surface area contributed by atoms with Crippen LogP contribution in [0.1, 0.15) is 29.3 Å². The molecule has 0 aliphatic carbocycles. The third-order valence-corrected chi connectivity index (χ3v) is 5.51. The van der Waals surface area contributed by atoms with E-state index in [2.05, 4.69) is 0 Å². The van der Waals surface area contributed by atoms with E-state index in [4.69, 9.17) is 25.8 Å². The highest BCUT2D eigenvalue weighted by molar-refractivity contribution is 6.31. The summed E-state index contributed by atoms with van der Waals surface area (Å²) in [7, 11) is 0. The van der Waals surface area contributed by atoms with Gasteiger partial charge in [0.2, 0.25) is 6.29 Å². The van der Waals surface area contributed by atoms with Crippen LogP contribution in [0, 0.1) is 0 Å². The van der Waals surface area contributed by atoms with Crippen molar-refractivity contribution in [1.29, 1.82) is 0 Å². The SMILES string of the molecule is CCOc1ccc(CCC(=O)c2c(O)cc(Cl)cc2O[C@@H]2O[C@H](CO)[C@@H](O)[C@H](O)[C@H]2O)cc1. The minimum atomic E-state index is -1.68. The summed E-state index contributed by atoms with van der Waals surface area (Å²) in [6.07, 6.45) is -7.21. The predicted octanol–water partition coefficient (Wildman–Crippen LogP) is 1.44. The molecule has 1 fully saturated rings. The molecule has 0 amide bonds. The number of ether oxygens (including phenoxy) is 3. The molecule has 180 valence electrons. The van der Waals surface area contributed by atoms with E-state index >= 15 is 0 Å². The maximum Gasteiger partial charge on any atom is 0.229 e. The molecule has 2 aromatic rings. The molecule has 1 heterocycles. The fraction of sp³-hybridized carbons (Fsp3) is 0.435. The van der Waals surface area contributed by atoms with E-state index in [0.717, 1.165) is 11.3 Å². The number of aliphatic hydroxyl groups is 4. The fourth-order valence-corrected chi connectivity index (χ4v) is 3.74. The second-order valence-corrected chi connectivity index (χ2v) is 8.05. The van der Waals surface area contributed by atoms with Crippen molar-refractivity contribution in [2.75, 3.05) is 13.2 Å². The van der Waals surface area contributed by atoms with Crippen LogP contribution in [-0.4, -0.2) is 75.2 Å². The average molecular weight is 483 g/mol. The third kappa shape index (κ3) is 5.94. The number of hydrogen-bond acceptors (Lipinski definition) is 9. The van der Waals surface area contributed by atoms with Gasteiger partial charge in [-0.05, 0) is 43.2 Å². The third-order valence-electron chi connectivity index (χ3n) is 5.29. The van der Waals surface area contributed by atoms with Crippen LogP contribution in [-0.2, 0) is 11.2 Å². The Hall–Kier alpha value is -2.40. The van der Waals surface area contributed by atoms with Crippen LogP contribution in [0.25, 0.3) is 0 Å².